The van der Waals surface area contributed by atoms with Crippen LogP contribution < -0.4 is 0 Å². The lowest BCUT2D eigenvalue weighted by atomic mass is 10.1. The normalized spacial score (nSPS) is 15.9. The van der Waals surface area contributed by atoms with Gasteiger partial charge in [0, 0.05) is 19.3 Å². The molecule has 1 aliphatic heterocycles. The van der Waals surface area contributed by atoms with E-state index in [0.29, 0.717) is 10.8 Å². The van der Waals surface area contributed by atoms with Crippen molar-refractivity contribution in [3.8, 4) is 0 Å². The zero-order valence-electron chi connectivity index (χ0n) is 9.56. The third-order valence-electron chi connectivity index (χ3n) is 2.77. The average molecular weight is 271 g/mol. The summed E-state index contributed by atoms with van der Waals surface area (Å²) in [5, 5.41) is 1.35. The summed E-state index contributed by atoms with van der Waals surface area (Å²) in [6, 6.07) is 3.58. The molecule has 1 amide bonds. The summed E-state index contributed by atoms with van der Waals surface area (Å²) < 4.78 is 0. The number of carbonyl (C=O) groups is 1. The highest BCUT2D eigenvalue weighted by Gasteiger charge is 2.16. The molecule has 0 bridgehead atoms. The molecule has 1 aromatic heterocycles. The molecule has 5 heteroatoms. The van der Waals surface area contributed by atoms with Crippen LogP contribution >= 0.6 is 23.4 Å². The SMILES string of the molecule is O=C(CSc1ncccc1Cl)N1CCCCC1. The van der Waals surface area contributed by atoms with Crippen LogP contribution in [-0.4, -0.2) is 34.6 Å². The van der Waals surface area contributed by atoms with Crippen molar-refractivity contribution in [2.24, 2.45) is 0 Å². The van der Waals surface area contributed by atoms with Crippen LogP contribution in [0.4, 0.5) is 0 Å². The molecule has 3 nitrogen and oxygen atoms in total. The van der Waals surface area contributed by atoms with Crippen molar-refractivity contribution < 1.29 is 4.79 Å². The van der Waals surface area contributed by atoms with Crippen LogP contribution in [0.25, 0.3) is 0 Å². The van der Waals surface area contributed by atoms with Crippen LogP contribution in [0.3, 0.4) is 0 Å². The Kier molecular flexibility index (Phi) is 4.68. The molecule has 2 heterocycles. The minimum Gasteiger partial charge on any atom is -0.342 e. The summed E-state index contributed by atoms with van der Waals surface area (Å²) in [5.41, 5.74) is 0. The Morgan fingerprint density at radius 3 is 2.88 bits per heavy atom. The molecule has 0 N–H and O–H groups in total. The van der Waals surface area contributed by atoms with Crippen LogP contribution in [0.1, 0.15) is 19.3 Å². The minimum absolute atomic E-state index is 0.191. The molecule has 0 aliphatic carbocycles. The van der Waals surface area contributed by atoms with E-state index < -0.39 is 0 Å². The third-order valence-corrected chi connectivity index (χ3v) is 4.17. The molecular formula is C12H15ClN2OS. The maximum absolute atomic E-state index is 11.9. The molecule has 0 aromatic carbocycles. The summed E-state index contributed by atoms with van der Waals surface area (Å²) in [6.07, 6.45) is 5.18. The van der Waals surface area contributed by atoms with Gasteiger partial charge in [-0.15, -0.1) is 0 Å². The van der Waals surface area contributed by atoms with E-state index in [1.165, 1.54) is 18.2 Å². The molecule has 1 fully saturated rings. The van der Waals surface area contributed by atoms with Gasteiger partial charge in [0.2, 0.25) is 5.91 Å². The Labute approximate surface area is 111 Å². The van der Waals surface area contributed by atoms with E-state index in [1.807, 2.05) is 4.90 Å². The molecule has 0 radical (unpaired) electrons. The van der Waals surface area contributed by atoms with Gasteiger partial charge in [-0.25, -0.2) is 4.98 Å². The molecule has 1 aromatic rings. The number of pyridine rings is 1. The number of carbonyl (C=O) groups excluding carboxylic acids is 1. The Balaban J connectivity index is 1.85. The fourth-order valence-corrected chi connectivity index (χ4v) is 2.91. The van der Waals surface area contributed by atoms with Crippen LogP contribution in [-0.2, 0) is 4.79 Å². The number of amides is 1. The fourth-order valence-electron chi connectivity index (χ4n) is 1.84. The third kappa shape index (κ3) is 3.61. The second-order valence-electron chi connectivity index (χ2n) is 4.02. The van der Waals surface area contributed by atoms with Gasteiger partial charge in [0.05, 0.1) is 10.8 Å². The minimum atomic E-state index is 0.191. The molecule has 17 heavy (non-hydrogen) atoms. The first kappa shape index (κ1) is 12.7. The number of aromatic nitrogens is 1. The second-order valence-corrected chi connectivity index (χ2v) is 5.39. The molecule has 1 aliphatic rings. The van der Waals surface area contributed by atoms with Crippen molar-refractivity contribution in [2.45, 2.75) is 24.3 Å². The lowest BCUT2D eigenvalue weighted by Crippen LogP contribution is -2.36. The number of likely N-dealkylation sites (tertiary alicyclic amines) is 1. The molecular weight excluding hydrogens is 256 g/mol. The Bertz CT molecular complexity index is 394. The summed E-state index contributed by atoms with van der Waals surface area (Å²) in [4.78, 5) is 18.0. The zero-order chi connectivity index (χ0) is 12.1. The van der Waals surface area contributed by atoms with Gasteiger partial charge in [-0.1, -0.05) is 23.4 Å². The molecule has 0 saturated carbocycles. The maximum Gasteiger partial charge on any atom is 0.232 e. The predicted octanol–water partition coefficient (Wildman–Crippen LogP) is 2.84. The van der Waals surface area contributed by atoms with Crippen LogP contribution in [0.5, 0.6) is 0 Å². The van der Waals surface area contributed by atoms with Crippen molar-refractivity contribution in [1.82, 2.24) is 9.88 Å². The molecule has 0 spiro atoms. The van der Waals surface area contributed by atoms with Crippen molar-refractivity contribution in [1.29, 1.82) is 0 Å². The summed E-state index contributed by atoms with van der Waals surface area (Å²) in [6.45, 7) is 1.80. The quantitative estimate of drug-likeness (QED) is 0.792. The first-order chi connectivity index (χ1) is 8.27. The predicted molar refractivity (Wildman–Crippen MR) is 70.4 cm³/mol. The first-order valence-electron chi connectivity index (χ1n) is 5.78. The van der Waals surface area contributed by atoms with Crippen molar-refractivity contribution in [3.63, 3.8) is 0 Å². The van der Waals surface area contributed by atoms with E-state index >= 15 is 0 Å². The number of hydrogen-bond donors (Lipinski definition) is 0. The van der Waals surface area contributed by atoms with E-state index in [1.54, 1.807) is 18.3 Å². The van der Waals surface area contributed by atoms with Gasteiger partial charge >= 0.3 is 0 Å². The summed E-state index contributed by atoms with van der Waals surface area (Å²) in [7, 11) is 0. The number of halogens is 1. The molecule has 92 valence electrons. The Hall–Kier alpha value is -0.740. The van der Waals surface area contributed by atoms with Gasteiger partial charge in [-0.2, -0.15) is 0 Å². The maximum atomic E-state index is 11.9. The van der Waals surface area contributed by atoms with E-state index in [-0.39, 0.29) is 5.91 Å². The molecule has 2 rings (SSSR count). The average Bonchev–Trinajstić information content (AvgIpc) is 2.38. The van der Waals surface area contributed by atoms with Gasteiger partial charge in [-0.3, -0.25) is 4.79 Å². The fraction of sp³-hybridized carbons (Fsp3) is 0.500. The van der Waals surface area contributed by atoms with E-state index in [0.717, 1.165) is 31.0 Å². The van der Waals surface area contributed by atoms with Gasteiger partial charge in [0.25, 0.3) is 0 Å². The molecule has 0 unspecified atom stereocenters. The first-order valence-corrected chi connectivity index (χ1v) is 7.15. The topological polar surface area (TPSA) is 33.2 Å². The highest BCUT2D eigenvalue weighted by Crippen LogP contribution is 2.24. The summed E-state index contributed by atoms with van der Waals surface area (Å²) >= 11 is 7.40. The molecule has 0 atom stereocenters. The zero-order valence-corrected chi connectivity index (χ0v) is 11.1. The number of hydrogen-bond acceptors (Lipinski definition) is 3. The highest BCUT2D eigenvalue weighted by atomic mass is 35.5. The van der Waals surface area contributed by atoms with Gasteiger partial charge in [-0.05, 0) is 31.4 Å². The number of thioether (sulfide) groups is 1. The van der Waals surface area contributed by atoms with Crippen LogP contribution in [0, 0.1) is 0 Å². The highest BCUT2D eigenvalue weighted by molar-refractivity contribution is 8.00. The summed E-state index contributed by atoms with van der Waals surface area (Å²) in [5.74, 6) is 0.618. The van der Waals surface area contributed by atoms with Gasteiger partial charge in [0.1, 0.15) is 5.03 Å². The van der Waals surface area contributed by atoms with E-state index in [2.05, 4.69) is 4.98 Å². The van der Waals surface area contributed by atoms with E-state index in [4.69, 9.17) is 11.6 Å². The number of nitrogens with zero attached hydrogens (tertiary/aromatic N) is 2. The lowest BCUT2D eigenvalue weighted by Gasteiger charge is -2.26. The van der Waals surface area contributed by atoms with Crippen molar-refractivity contribution in [2.75, 3.05) is 18.8 Å². The van der Waals surface area contributed by atoms with E-state index in [9.17, 15) is 4.79 Å². The number of rotatable bonds is 3. The van der Waals surface area contributed by atoms with Crippen LogP contribution in [0.2, 0.25) is 5.02 Å². The van der Waals surface area contributed by atoms with Crippen molar-refractivity contribution in [3.05, 3.63) is 23.4 Å². The standard InChI is InChI=1S/C12H15ClN2OS/c13-10-5-4-6-14-12(10)17-9-11(16)15-7-2-1-3-8-15/h4-6H,1-3,7-9H2. The van der Waals surface area contributed by atoms with Crippen LogP contribution in [0.15, 0.2) is 23.4 Å². The Morgan fingerprint density at radius 1 is 1.41 bits per heavy atom. The smallest absolute Gasteiger partial charge is 0.232 e. The van der Waals surface area contributed by atoms with Crippen molar-refractivity contribution >= 4 is 29.3 Å². The molecule has 1 saturated heterocycles. The largest absolute Gasteiger partial charge is 0.342 e. The monoisotopic (exact) mass is 270 g/mol. The van der Waals surface area contributed by atoms with Gasteiger partial charge in [0.15, 0.2) is 0 Å². The van der Waals surface area contributed by atoms with Gasteiger partial charge < -0.3 is 4.90 Å². The lowest BCUT2D eigenvalue weighted by molar-refractivity contribution is -0.129. The second kappa shape index (κ2) is 6.26. The number of piperidine rings is 1. The Morgan fingerprint density at radius 2 is 2.18 bits per heavy atom.